The molecule has 1 atom stereocenters. The lowest BCUT2D eigenvalue weighted by molar-refractivity contribution is -0.111. The van der Waals surface area contributed by atoms with Crippen LogP contribution >= 0.6 is 0 Å². The van der Waals surface area contributed by atoms with Crippen molar-refractivity contribution in [2.75, 3.05) is 0 Å². The summed E-state index contributed by atoms with van der Waals surface area (Å²) < 4.78 is 1.80. The van der Waals surface area contributed by atoms with E-state index in [1.54, 1.807) is 17.8 Å². The molecular formula is C10H16N2O2. The monoisotopic (exact) mass is 196 g/mol. The van der Waals surface area contributed by atoms with Gasteiger partial charge in [-0.15, -0.1) is 0 Å². The summed E-state index contributed by atoms with van der Waals surface area (Å²) in [6.07, 6.45) is 4.97. The van der Waals surface area contributed by atoms with Gasteiger partial charge in [0.15, 0.2) is 0 Å². The average Bonchev–Trinajstić information content (AvgIpc) is 2.51. The van der Waals surface area contributed by atoms with Gasteiger partial charge in [0, 0.05) is 25.6 Å². The number of hydrogen-bond acceptors (Lipinski definition) is 3. The fourth-order valence-electron chi connectivity index (χ4n) is 1.36. The maximum absolute atomic E-state index is 10.3. The van der Waals surface area contributed by atoms with Crippen LogP contribution in [0.2, 0.25) is 0 Å². The maximum Gasteiger partial charge on any atom is 0.122 e. The molecule has 1 rings (SSSR count). The molecule has 0 aromatic carbocycles. The van der Waals surface area contributed by atoms with Crippen LogP contribution in [0.3, 0.4) is 0 Å². The van der Waals surface area contributed by atoms with Gasteiger partial charge in [-0.1, -0.05) is 0 Å². The first kappa shape index (κ1) is 10.9. The van der Waals surface area contributed by atoms with Crippen LogP contribution in [-0.4, -0.2) is 26.8 Å². The largest absolute Gasteiger partial charge is 0.389 e. The standard InChI is InChI=1S/C10H16N2O2/c1-3-12-8-9(7-11-12)6-10(2,14)4-5-13/h5,7-8,14H,3-4,6H2,1-2H3. The lowest BCUT2D eigenvalue weighted by Gasteiger charge is -2.18. The highest BCUT2D eigenvalue weighted by atomic mass is 16.3. The molecule has 1 aromatic heterocycles. The highest BCUT2D eigenvalue weighted by molar-refractivity contribution is 5.51. The Morgan fingerprint density at radius 3 is 2.93 bits per heavy atom. The molecule has 0 aliphatic heterocycles. The fourth-order valence-corrected chi connectivity index (χ4v) is 1.36. The van der Waals surface area contributed by atoms with Crippen molar-refractivity contribution in [2.45, 2.75) is 38.8 Å². The molecule has 4 heteroatoms. The van der Waals surface area contributed by atoms with Crippen molar-refractivity contribution in [2.24, 2.45) is 0 Å². The van der Waals surface area contributed by atoms with Gasteiger partial charge in [0.25, 0.3) is 0 Å². The molecule has 0 saturated carbocycles. The van der Waals surface area contributed by atoms with Crippen LogP contribution in [0.15, 0.2) is 12.4 Å². The van der Waals surface area contributed by atoms with Gasteiger partial charge in [-0.25, -0.2) is 0 Å². The van der Waals surface area contributed by atoms with E-state index in [4.69, 9.17) is 0 Å². The summed E-state index contributed by atoms with van der Waals surface area (Å²) in [5.74, 6) is 0. The Bertz CT molecular complexity index is 305. The number of aromatic nitrogens is 2. The van der Waals surface area contributed by atoms with Crippen LogP contribution in [-0.2, 0) is 17.8 Å². The first-order chi connectivity index (χ1) is 6.57. The quantitative estimate of drug-likeness (QED) is 0.708. The topological polar surface area (TPSA) is 55.1 Å². The Balaban J connectivity index is 2.63. The summed E-state index contributed by atoms with van der Waals surface area (Å²) >= 11 is 0. The SMILES string of the molecule is CCn1cc(CC(C)(O)CC=O)cn1. The van der Waals surface area contributed by atoms with Gasteiger partial charge in [0.2, 0.25) is 0 Å². The summed E-state index contributed by atoms with van der Waals surface area (Å²) in [5.41, 5.74) is 0.00212. The van der Waals surface area contributed by atoms with E-state index in [2.05, 4.69) is 5.10 Å². The molecule has 0 radical (unpaired) electrons. The normalized spacial score (nSPS) is 15.1. The Hall–Kier alpha value is -1.16. The first-order valence-electron chi connectivity index (χ1n) is 4.75. The number of nitrogens with zero attached hydrogens (tertiary/aromatic N) is 2. The van der Waals surface area contributed by atoms with Crippen molar-refractivity contribution in [1.82, 2.24) is 9.78 Å². The molecular weight excluding hydrogens is 180 g/mol. The molecule has 0 aliphatic rings. The fraction of sp³-hybridized carbons (Fsp3) is 0.600. The minimum atomic E-state index is -0.955. The predicted octanol–water partition coefficient (Wildman–Crippen LogP) is 0.785. The molecule has 0 aliphatic carbocycles. The molecule has 1 heterocycles. The van der Waals surface area contributed by atoms with Crippen LogP contribution < -0.4 is 0 Å². The second-order valence-corrected chi connectivity index (χ2v) is 3.75. The number of carbonyl (C=O) groups excluding carboxylic acids is 1. The van der Waals surface area contributed by atoms with Gasteiger partial charge in [-0.05, 0) is 19.4 Å². The third kappa shape index (κ3) is 2.96. The van der Waals surface area contributed by atoms with E-state index in [0.29, 0.717) is 6.42 Å². The van der Waals surface area contributed by atoms with E-state index in [1.807, 2.05) is 13.1 Å². The van der Waals surface area contributed by atoms with Crippen molar-refractivity contribution in [3.05, 3.63) is 18.0 Å². The zero-order chi connectivity index (χ0) is 10.6. The second kappa shape index (κ2) is 4.37. The van der Waals surface area contributed by atoms with E-state index < -0.39 is 5.60 Å². The Morgan fingerprint density at radius 2 is 2.43 bits per heavy atom. The van der Waals surface area contributed by atoms with E-state index in [9.17, 15) is 9.90 Å². The van der Waals surface area contributed by atoms with E-state index in [0.717, 1.165) is 18.4 Å². The molecule has 14 heavy (non-hydrogen) atoms. The third-order valence-corrected chi connectivity index (χ3v) is 2.12. The zero-order valence-electron chi connectivity index (χ0n) is 8.60. The molecule has 0 amide bonds. The van der Waals surface area contributed by atoms with Crippen LogP contribution in [0.1, 0.15) is 25.8 Å². The summed E-state index contributed by atoms with van der Waals surface area (Å²) in [7, 11) is 0. The summed E-state index contributed by atoms with van der Waals surface area (Å²) in [4.78, 5) is 10.3. The van der Waals surface area contributed by atoms with Crippen LogP contribution in [0.5, 0.6) is 0 Å². The van der Waals surface area contributed by atoms with Crippen molar-refractivity contribution < 1.29 is 9.90 Å². The highest BCUT2D eigenvalue weighted by Gasteiger charge is 2.20. The summed E-state index contributed by atoms with van der Waals surface area (Å²) in [6.45, 7) is 4.47. The number of aryl methyl sites for hydroxylation is 1. The van der Waals surface area contributed by atoms with E-state index >= 15 is 0 Å². The van der Waals surface area contributed by atoms with Gasteiger partial charge in [-0.2, -0.15) is 5.10 Å². The zero-order valence-corrected chi connectivity index (χ0v) is 8.60. The lowest BCUT2D eigenvalue weighted by Crippen LogP contribution is -2.27. The molecule has 0 spiro atoms. The second-order valence-electron chi connectivity index (χ2n) is 3.75. The van der Waals surface area contributed by atoms with Gasteiger partial charge < -0.3 is 9.90 Å². The van der Waals surface area contributed by atoms with Gasteiger partial charge >= 0.3 is 0 Å². The number of rotatable bonds is 5. The van der Waals surface area contributed by atoms with Gasteiger partial charge in [0.05, 0.1) is 11.8 Å². The van der Waals surface area contributed by atoms with Crippen LogP contribution in [0.4, 0.5) is 0 Å². The van der Waals surface area contributed by atoms with Gasteiger partial charge in [-0.3, -0.25) is 4.68 Å². The maximum atomic E-state index is 10.3. The lowest BCUT2D eigenvalue weighted by atomic mass is 9.96. The molecule has 0 bridgehead atoms. The molecule has 1 N–H and O–H groups in total. The predicted molar refractivity (Wildman–Crippen MR) is 52.9 cm³/mol. The summed E-state index contributed by atoms with van der Waals surface area (Å²) in [5, 5.41) is 13.9. The Morgan fingerprint density at radius 1 is 1.71 bits per heavy atom. The Labute approximate surface area is 83.5 Å². The summed E-state index contributed by atoms with van der Waals surface area (Å²) in [6, 6.07) is 0. The van der Waals surface area contributed by atoms with Crippen molar-refractivity contribution >= 4 is 6.29 Å². The Kier molecular flexibility index (Phi) is 3.41. The number of aldehydes is 1. The van der Waals surface area contributed by atoms with E-state index in [1.165, 1.54) is 0 Å². The molecule has 4 nitrogen and oxygen atoms in total. The minimum Gasteiger partial charge on any atom is -0.389 e. The molecule has 78 valence electrons. The minimum absolute atomic E-state index is 0.157. The van der Waals surface area contributed by atoms with Crippen LogP contribution in [0.25, 0.3) is 0 Å². The molecule has 1 aromatic rings. The van der Waals surface area contributed by atoms with Crippen molar-refractivity contribution in [3.8, 4) is 0 Å². The first-order valence-corrected chi connectivity index (χ1v) is 4.75. The number of carbonyl (C=O) groups is 1. The van der Waals surface area contributed by atoms with Gasteiger partial charge in [0.1, 0.15) is 6.29 Å². The third-order valence-electron chi connectivity index (χ3n) is 2.12. The molecule has 0 saturated heterocycles. The highest BCUT2D eigenvalue weighted by Crippen LogP contribution is 2.15. The number of aliphatic hydroxyl groups is 1. The van der Waals surface area contributed by atoms with E-state index in [-0.39, 0.29) is 6.42 Å². The number of hydrogen-bond donors (Lipinski definition) is 1. The van der Waals surface area contributed by atoms with Crippen molar-refractivity contribution in [3.63, 3.8) is 0 Å². The average molecular weight is 196 g/mol. The molecule has 0 fully saturated rings. The van der Waals surface area contributed by atoms with Crippen molar-refractivity contribution in [1.29, 1.82) is 0 Å². The smallest absolute Gasteiger partial charge is 0.122 e. The molecule has 1 unspecified atom stereocenters. The van der Waals surface area contributed by atoms with Crippen LogP contribution in [0, 0.1) is 0 Å².